The average Bonchev–Trinajstić information content (AvgIpc) is 2.04. The highest BCUT2D eigenvalue weighted by Gasteiger charge is 2.27. The van der Waals surface area contributed by atoms with E-state index in [1.807, 2.05) is 0 Å². The fraction of sp³-hybridized carbons (Fsp3) is 0.167. The summed E-state index contributed by atoms with van der Waals surface area (Å²) in [5, 5.41) is 17.0. The lowest BCUT2D eigenvalue weighted by Gasteiger charge is -2.20. The topological polar surface area (TPSA) is 90.2 Å². The molecule has 1 heterocycles. The number of allylic oxidation sites excluding steroid dienone is 1. The summed E-state index contributed by atoms with van der Waals surface area (Å²) in [6, 6.07) is 0. The van der Waals surface area contributed by atoms with E-state index < -0.39 is 18.2 Å². The molecule has 1 unspecified atom stereocenters. The number of carboxylic acids is 1. The molecule has 1 aliphatic heterocycles. The summed E-state index contributed by atoms with van der Waals surface area (Å²) in [7, 11) is 0. The zero-order valence-electron chi connectivity index (χ0n) is 5.91. The van der Waals surface area contributed by atoms with Crippen molar-refractivity contribution >= 4 is 18.3 Å². The number of carbonyl (C=O) groups is 2. The van der Waals surface area contributed by atoms with Crippen LogP contribution < -0.4 is 0 Å². The second-order valence-corrected chi connectivity index (χ2v) is 2.04. The molecule has 0 spiro atoms. The largest absolute Gasteiger partial charge is 0.478 e. The van der Waals surface area contributed by atoms with E-state index in [0.29, 0.717) is 4.90 Å². The predicted molar refractivity (Wildman–Crippen MR) is 38.9 cm³/mol. The number of rotatable bonds is 1. The molecule has 0 saturated heterocycles. The Morgan fingerprint density at radius 1 is 1.42 bits per heavy atom. The summed E-state index contributed by atoms with van der Waals surface area (Å²) in [6.45, 7) is 0. The Morgan fingerprint density at radius 3 is 2.50 bits per heavy atom. The number of aliphatic carboxylic acids is 1. The Labute approximate surface area is 67.4 Å². The third-order valence-electron chi connectivity index (χ3n) is 1.27. The highest BCUT2D eigenvalue weighted by molar-refractivity contribution is 5.85. The highest BCUT2D eigenvalue weighted by atomic mass is 16.4. The maximum atomic E-state index is 10.4. The molecular formula is C6H6N2O4. The molecule has 0 aromatic carbocycles. The molecule has 0 bridgehead atoms. The fourth-order valence-corrected chi connectivity index (χ4v) is 0.767. The van der Waals surface area contributed by atoms with Crippen molar-refractivity contribution in [2.45, 2.75) is 6.17 Å². The van der Waals surface area contributed by atoms with E-state index in [-0.39, 0.29) is 0 Å². The van der Waals surface area contributed by atoms with Crippen LogP contribution >= 0.6 is 0 Å². The number of aliphatic imine (C=N–C) groups is 1. The molecule has 2 N–H and O–H groups in total. The maximum Gasteiger partial charge on any atom is 0.413 e. The van der Waals surface area contributed by atoms with Gasteiger partial charge in [0.2, 0.25) is 6.17 Å². The van der Waals surface area contributed by atoms with E-state index in [9.17, 15) is 9.59 Å². The van der Waals surface area contributed by atoms with Gasteiger partial charge in [-0.25, -0.2) is 9.59 Å². The summed E-state index contributed by atoms with van der Waals surface area (Å²) in [5.74, 6) is -1.29. The minimum atomic E-state index is -1.35. The molecule has 1 amide bonds. The van der Waals surface area contributed by atoms with Crippen LogP contribution in [0.3, 0.4) is 0 Å². The van der Waals surface area contributed by atoms with Gasteiger partial charge in [-0.1, -0.05) is 0 Å². The first-order valence-corrected chi connectivity index (χ1v) is 3.07. The average molecular weight is 170 g/mol. The Balaban J connectivity index is 2.85. The summed E-state index contributed by atoms with van der Waals surface area (Å²) < 4.78 is 0. The number of hydrogen-bond donors (Lipinski definition) is 2. The lowest BCUT2D eigenvalue weighted by atomic mass is 10.4. The zero-order chi connectivity index (χ0) is 9.14. The Morgan fingerprint density at radius 2 is 2.08 bits per heavy atom. The molecule has 64 valence electrons. The molecule has 1 rings (SSSR count). The predicted octanol–water partition coefficient (Wildman–Crippen LogP) is -0.0248. The number of amides is 1. The summed E-state index contributed by atoms with van der Waals surface area (Å²) in [5.41, 5.74) is 0. The van der Waals surface area contributed by atoms with Crippen LogP contribution in [0.4, 0.5) is 4.79 Å². The van der Waals surface area contributed by atoms with Crippen LogP contribution in [0.25, 0.3) is 0 Å². The van der Waals surface area contributed by atoms with E-state index in [4.69, 9.17) is 10.2 Å². The van der Waals surface area contributed by atoms with Gasteiger partial charge in [-0.2, -0.15) is 0 Å². The first-order valence-electron chi connectivity index (χ1n) is 3.07. The van der Waals surface area contributed by atoms with E-state index in [0.717, 1.165) is 6.20 Å². The number of hydrogen-bond acceptors (Lipinski definition) is 3. The summed E-state index contributed by atoms with van der Waals surface area (Å²) in [6.07, 6.45) is 1.06. The van der Waals surface area contributed by atoms with Gasteiger partial charge in [-0.05, 0) is 6.08 Å². The van der Waals surface area contributed by atoms with Gasteiger partial charge in [0.1, 0.15) is 0 Å². The molecule has 0 radical (unpaired) electrons. The molecule has 1 aliphatic rings. The van der Waals surface area contributed by atoms with Gasteiger partial charge in [-0.3, -0.25) is 9.89 Å². The zero-order valence-corrected chi connectivity index (χ0v) is 5.91. The molecule has 0 saturated carbocycles. The molecule has 12 heavy (non-hydrogen) atoms. The van der Waals surface area contributed by atoms with Crippen molar-refractivity contribution in [1.82, 2.24) is 4.90 Å². The standard InChI is InChI=1S/C6H6N2O4/c9-5(10)4-7-2-1-3-8(4)6(11)12/h1-4H,(H,9,10)(H,11,12). The van der Waals surface area contributed by atoms with Crippen LogP contribution in [0.2, 0.25) is 0 Å². The Hall–Kier alpha value is -1.85. The van der Waals surface area contributed by atoms with Crippen LogP contribution in [0.15, 0.2) is 17.3 Å². The lowest BCUT2D eigenvalue weighted by Crippen LogP contribution is -2.40. The molecule has 0 aromatic heterocycles. The summed E-state index contributed by atoms with van der Waals surface area (Å²) >= 11 is 0. The van der Waals surface area contributed by atoms with E-state index in [1.165, 1.54) is 12.3 Å². The second-order valence-electron chi connectivity index (χ2n) is 2.04. The molecule has 0 aromatic rings. The van der Waals surface area contributed by atoms with E-state index in [2.05, 4.69) is 4.99 Å². The van der Waals surface area contributed by atoms with Gasteiger partial charge in [0.05, 0.1) is 0 Å². The van der Waals surface area contributed by atoms with Crippen LogP contribution in [0.1, 0.15) is 0 Å². The van der Waals surface area contributed by atoms with Gasteiger partial charge in [0, 0.05) is 12.4 Å². The smallest absolute Gasteiger partial charge is 0.413 e. The quantitative estimate of drug-likeness (QED) is 0.578. The number of nitrogens with zero attached hydrogens (tertiary/aromatic N) is 2. The minimum absolute atomic E-state index is 0.613. The van der Waals surface area contributed by atoms with E-state index in [1.54, 1.807) is 0 Å². The Kier molecular flexibility index (Phi) is 2.09. The van der Waals surface area contributed by atoms with Crippen molar-refractivity contribution in [3.8, 4) is 0 Å². The highest BCUT2D eigenvalue weighted by Crippen LogP contribution is 2.06. The molecule has 0 fully saturated rings. The van der Waals surface area contributed by atoms with Crippen molar-refractivity contribution in [1.29, 1.82) is 0 Å². The summed E-state index contributed by atoms with van der Waals surface area (Å²) in [4.78, 5) is 24.9. The van der Waals surface area contributed by atoms with E-state index >= 15 is 0 Å². The number of carboxylic acid groups (broad SMARTS) is 2. The fourth-order valence-electron chi connectivity index (χ4n) is 0.767. The van der Waals surface area contributed by atoms with Gasteiger partial charge < -0.3 is 10.2 Å². The molecule has 0 aliphatic carbocycles. The van der Waals surface area contributed by atoms with Crippen molar-refractivity contribution in [2.75, 3.05) is 0 Å². The van der Waals surface area contributed by atoms with Crippen LogP contribution in [0.5, 0.6) is 0 Å². The third kappa shape index (κ3) is 1.42. The van der Waals surface area contributed by atoms with Crippen molar-refractivity contribution in [3.05, 3.63) is 12.3 Å². The molecule has 6 heteroatoms. The first-order chi connectivity index (χ1) is 5.63. The maximum absolute atomic E-state index is 10.4. The van der Waals surface area contributed by atoms with Gasteiger partial charge >= 0.3 is 12.1 Å². The van der Waals surface area contributed by atoms with Crippen LogP contribution in [-0.2, 0) is 4.79 Å². The SMILES string of the molecule is O=C(O)C1N=CC=CN1C(=O)O. The van der Waals surface area contributed by atoms with Crippen molar-refractivity contribution in [2.24, 2.45) is 4.99 Å². The minimum Gasteiger partial charge on any atom is -0.478 e. The lowest BCUT2D eigenvalue weighted by molar-refractivity contribution is -0.141. The van der Waals surface area contributed by atoms with Gasteiger partial charge in [-0.15, -0.1) is 0 Å². The third-order valence-corrected chi connectivity index (χ3v) is 1.27. The van der Waals surface area contributed by atoms with Crippen molar-refractivity contribution in [3.63, 3.8) is 0 Å². The molecular weight excluding hydrogens is 164 g/mol. The van der Waals surface area contributed by atoms with Crippen molar-refractivity contribution < 1.29 is 19.8 Å². The Bertz CT molecular complexity index is 243. The van der Waals surface area contributed by atoms with Gasteiger partial charge in [0.15, 0.2) is 0 Å². The molecule has 6 nitrogen and oxygen atoms in total. The normalized spacial score (nSPS) is 21.0. The first kappa shape index (κ1) is 8.25. The van der Waals surface area contributed by atoms with Crippen LogP contribution in [-0.4, -0.2) is 39.6 Å². The molecule has 1 atom stereocenters. The second kappa shape index (κ2) is 3.04. The van der Waals surface area contributed by atoms with Crippen LogP contribution in [0, 0.1) is 0 Å². The monoisotopic (exact) mass is 170 g/mol. The van der Waals surface area contributed by atoms with Gasteiger partial charge in [0.25, 0.3) is 0 Å².